The Hall–Kier alpha value is -2.86. The van der Waals surface area contributed by atoms with Gasteiger partial charge in [0.2, 0.25) is 10.0 Å². The second kappa shape index (κ2) is 9.65. The van der Waals surface area contributed by atoms with E-state index in [9.17, 15) is 26.4 Å². The van der Waals surface area contributed by atoms with Gasteiger partial charge in [0.1, 0.15) is 5.75 Å². The van der Waals surface area contributed by atoms with E-state index in [4.69, 9.17) is 16.3 Å². The molecular formula is C23H18ClF3N2O4S2. The van der Waals surface area contributed by atoms with Crippen molar-refractivity contribution in [3.63, 3.8) is 0 Å². The second-order valence-electron chi connectivity index (χ2n) is 7.57. The average Bonchev–Trinajstić information content (AvgIpc) is 3.31. The first kappa shape index (κ1) is 25.2. The van der Waals surface area contributed by atoms with Crippen LogP contribution in [0.2, 0.25) is 5.02 Å². The molecule has 0 radical (unpaired) electrons. The van der Waals surface area contributed by atoms with Gasteiger partial charge in [-0.15, -0.1) is 11.3 Å². The van der Waals surface area contributed by atoms with Gasteiger partial charge in [0.15, 0.2) is 0 Å². The normalized spacial score (nSPS) is 12.4. The van der Waals surface area contributed by atoms with E-state index in [1.54, 1.807) is 41.8 Å². The minimum Gasteiger partial charge on any atom is -0.497 e. The van der Waals surface area contributed by atoms with Gasteiger partial charge in [0.05, 0.1) is 28.1 Å². The van der Waals surface area contributed by atoms with Gasteiger partial charge in [-0.05, 0) is 53.2 Å². The molecule has 35 heavy (non-hydrogen) atoms. The molecule has 184 valence electrons. The number of nitrogens with one attached hydrogen (secondary N) is 1. The summed E-state index contributed by atoms with van der Waals surface area (Å²) < 4.78 is 73.3. The Kier molecular flexibility index (Phi) is 6.96. The van der Waals surface area contributed by atoms with Crippen LogP contribution in [0.3, 0.4) is 0 Å². The molecule has 2 aromatic carbocycles. The molecule has 2 aromatic heterocycles. The number of hydrogen-bond donors (Lipinski definition) is 1. The first-order valence-electron chi connectivity index (χ1n) is 10.1. The third-order valence-corrected chi connectivity index (χ3v) is 8.25. The zero-order valence-electron chi connectivity index (χ0n) is 18.1. The molecule has 0 atom stereocenters. The maximum absolute atomic E-state index is 13.5. The highest BCUT2D eigenvalue weighted by atomic mass is 35.5. The number of sulfonamides is 1. The molecule has 0 aliphatic rings. The van der Waals surface area contributed by atoms with E-state index in [1.165, 1.54) is 18.4 Å². The average molecular weight is 543 g/mol. The molecule has 0 saturated heterocycles. The topological polar surface area (TPSA) is 79.5 Å². The minimum absolute atomic E-state index is 0.132. The number of aromatic nitrogens is 1. The van der Waals surface area contributed by atoms with Crippen molar-refractivity contribution >= 4 is 43.9 Å². The smallest absolute Gasteiger partial charge is 0.417 e. The van der Waals surface area contributed by atoms with Gasteiger partial charge in [-0.3, -0.25) is 4.79 Å². The maximum atomic E-state index is 13.5. The number of thiophene rings is 1. The highest BCUT2D eigenvalue weighted by molar-refractivity contribution is 7.89. The van der Waals surface area contributed by atoms with E-state index in [0.29, 0.717) is 27.6 Å². The highest BCUT2D eigenvalue weighted by Gasteiger charge is 2.36. The molecular weight excluding hydrogens is 525 g/mol. The molecule has 0 saturated carbocycles. The van der Waals surface area contributed by atoms with Crippen LogP contribution in [0.5, 0.6) is 5.75 Å². The summed E-state index contributed by atoms with van der Waals surface area (Å²) in [6.07, 6.45) is -4.84. The largest absolute Gasteiger partial charge is 0.497 e. The molecule has 0 fully saturated rings. The predicted octanol–water partition coefficient (Wildman–Crippen LogP) is 5.66. The van der Waals surface area contributed by atoms with Crippen molar-refractivity contribution in [3.05, 3.63) is 91.4 Å². The van der Waals surface area contributed by atoms with Crippen molar-refractivity contribution in [3.8, 4) is 5.75 Å². The Bertz CT molecular complexity index is 1530. The second-order valence-corrected chi connectivity index (χ2v) is 10.9. The SMILES string of the molecule is COc1ccc2cc(CN(Cc3cccs3)S(=O)(=O)c3ccc(Cl)c(C(F)(F)F)c3)c(=O)[nH]c2c1. The van der Waals surface area contributed by atoms with Crippen molar-refractivity contribution in [1.29, 1.82) is 0 Å². The summed E-state index contributed by atoms with van der Waals surface area (Å²) >= 11 is 6.96. The third kappa shape index (κ3) is 5.37. The zero-order chi connectivity index (χ0) is 25.4. The maximum Gasteiger partial charge on any atom is 0.417 e. The molecule has 0 aliphatic heterocycles. The van der Waals surface area contributed by atoms with E-state index in [-0.39, 0.29) is 18.7 Å². The summed E-state index contributed by atoms with van der Waals surface area (Å²) in [5.74, 6) is 0.533. The number of H-pyrrole nitrogens is 1. The fourth-order valence-corrected chi connectivity index (χ4v) is 5.94. The van der Waals surface area contributed by atoms with E-state index < -0.39 is 37.2 Å². The van der Waals surface area contributed by atoms with Crippen molar-refractivity contribution in [2.45, 2.75) is 24.2 Å². The molecule has 0 spiro atoms. The summed E-state index contributed by atoms with van der Waals surface area (Å²) in [6, 6.07) is 12.4. The van der Waals surface area contributed by atoms with Crippen molar-refractivity contribution in [2.75, 3.05) is 7.11 Å². The summed E-state index contributed by atoms with van der Waals surface area (Å²) in [7, 11) is -2.96. The number of ether oxygens (including phenoxy) is 1. The Balaban J connectivity index is 1.78. The lowest BCUT2D eigenvalue weighted by molar-refractivity contribution is -0.137. The number of rotatable bonds is 7. The van der Waals surface area contributed by atoms with Crippen molar-refractivity contribution < 1.29 is 26.3 Å². The Morgan fingerprint density at radius 1 is 1.09 bits per heavy atom. The number of benzene rings is 2. The van der Waals surface area contributed by atoms with Gasteiger partial charge >= 0.3 is 6.18 Å². The van der Waals surface area contributed by atoms with E-state index in [0.717, 1.165) is 16.4 Å². The Morgan fingerprint density at radius 3 is 2.51 bits per heavy atom. The van der Waals surface area contributed by atoms with E-state index >= 15 is 0 Å². The molecule has 6 nitrogen and oxygen atoms in total. The minimum atomic E-state index is -4.84. The van der Waals surface area contributed by atoms with Gasteiger partial charge in [0.25, 0.3) is 5.56 Å². The monoisotopic (exact) mass is 542 g/mol. The molecule has 2 heterocycles. The number of aromatic amines is 1. The van der Waals surface area contributed by atoms with E-state index in [2.05, 4.69) is 4.98 Å². The Labute approximate surface area is 207 Å². The Morgan fingerprint density at radius 2 is 1.86 bits per heavy atom. The van der Waals surface area contributed by atoms with Crippen molar-refractivity contribution in [1.82, 2.24) is 9.29 Å². The summed E-state index contributed by atoms with van der Waals surface area (Å²) in [5, 5.41) is 1.78. The fraction of sp³-hybridized carbons (Fsp3) is 0.174. The summed E-state index contributed by atoms with van der Waals surface area (Å²) in [6.45, 7) is -0.494. The molecule has 0 unspecified atom stereocenters. The van der Waals surface area contributed by atoms with Crippen LogP contribution in [0.1, 0.15) is 16.0 Å². The zero-order valence-corrected chi connectivity index (χ0v) is 20.5. The number of nitrogens with zero attached hydrogens (tertiary/aromatic N) is 1. The van der Waals surface area contributed by atoms with Crippen LogP contribution in [0.4, 0.5) is 13.2 Å². The molecule has 0 bridgehead atoms. The van der Waals surface area contributed by atoms with E-state index in [1.807, 2.05) is 0 Å². The number of alkyl halides is 3. The first-order chi connectivity index (χ1) is 16.5. The lowest BCUT2D eigenvalue weighted by Crippen LogP contribution is -2.32. The molecule has 4 aromatic rings. The quantitative estimate of drug-likeness (QED) is 0.327. The molecule has 0 amide bonds. The van der Waals surface area contributed by atoms with Crippen LogP contribution >= 0.6 is 22.9 Å². The number of methoxy groups -OCH3 is 1. The van der Waals surface area contributed by atoms with Crippen LogP contribution in [-0.4, -0.2) is 24.8 Å². The predicted molar refractivity (Wildman–Crippen MR) is 128 cm³/mol. The van der Waals surface area contributed by atoms with Gasteiger partial charge in [-0.1, -0.05) is 17.7 Å². The number of halogens is 4. The fourth-order valence-electron chi connectivity index (χ4n) is 3.49. The van der Waals surface area contributed by atoms with Crippen LogP contribution in [0, 0.1) is 0 Å². The number of hydrogen-bond acceptors (Lipinski definition) is 5. The van der Waals surface area contributed by atoms with Crippen molar-refractivity contribution in [2.24, 2.45) is 0 Å². The lowest BCUT2D eigenvalue weighted by atomic mass is 10.1. The highest BCUT2D eigenvalue weighted by Crippen LogP contribution is 2.37. The third-order valence-electron chi connectivity index (χ3n) is 5.27. The van der Waals surface area contributed by atoms with Gasteiger partial charge < -0.3 is 9.72 Å². The molecule has 0 aliphatic carbocycles. The number of fused-ring (bicyclic) bond motifs is 1. The summed E-state index contributed by atoms with van der Waals surface area (Å²) in [5.41, 5.74) is -1.15. The standard InChI is InChI=1S/C23H18ClF3N2O4S2/c1-33-16-5-4-14-9-15(22(30)28-21(14)10-16)12-29(13-17-3-2-8-34-17)35(31,32)18-6-7-20(24)19(11-18)23(25,26)27/h2-11H,12-13H2,1H3,(H,28,30). The van der Waals surface area contributed by atoms with Crippen LogP contribution in [0.25, 0.3) is 10.9 Å². The molecule has 4 rings (SSSR count). The van der Waals surface area contributed by atoms with Crippen LogP contribution in [0.15, 0.2) is 69.7 Å². The van der Waals surface area contributed by atoms with Gasteiger partial charge in [0, 0.05) is 29.6 Å². The molecule has 12 heteroatoms. The van der Waals surface area contributed by atoms with Crippen LogP contribution < -0.4 is 10.3 Å². The molecule has 1 N–H and O–H groups in total. The summed E-state index contributed by atoms with van der Waals surface area (Å²) in [4.78, 5) is 15.6. The number of pyridine rings is 1. The van der Waals surface area contributed by atoms with Gasteiger partial charge in [-0.25, -0.2) is 8.42 Å². The van der Waals surface area contributed by atoms with Gasteiger partial charge in [-0.2, -0.15) is 17.5 Å². The van der Waals surface area contributed by atoms with Crippen LogP contribution in [-0.2, 0) is 29.3 Å². The lowest BCUT2D eigenvalue weighted by Gasteiger charge is -2.22. The first-order valence-corrected chi connectivity index (χ1v) is 12.8.